The molecule has 2 spiro atoms. The zero-order chi connectivity index (χ0) is 17.6. The SMILES string of the molecule is C1COP2(CN3CCN(CP45(OCCO4)OCCO5)CC3)(O1)OCCO2. The fourth-order valence-corrected chi connectivity index (χ4v) is 11.0. The molecule has 12 heteroatoms. The first-order valence-corrected chi connectivity index (χ1v) is 13.5. The van der Waals surface area contributed by atoms with Crippen molar-refractivity contribution in [3.8, 4) is 0 Å². The number of rotatable bonds is 4. The second-order valence-corrected chi connectivity index (χ2v) is 13.6. The second kappa shape index (κ2) is 6.49. The van der Waals surface area contributed by atoms with Gasteiger partial charge >= 0.3 is 153 Å². The molecular weight excluding hydrogens is 386 g/mol. The Morgan fingerprint density at radius 2 is 0.654 bits per heavy atom. The van der Waals surface area contributed by atoms with Crippen LogP contribution >= 0.6 is 15.0 Å². The Labute approximate surface area is 153 Å². The number of hydrogen-bond acceptors (Lipinski definition) is 10. The first-order chi connectivity index (χ1) is 12.6. The third kappa shape index (κ3) is 3.05. The summed E-state index contributed by atoms with van der Waals surface area (Å²) in [5.41, 5.74) is 0. The molecule has 5 aliphatic rings. The Bertz CT molecular complexity index is 442. The molecule has 0 aliphatic carbocycles. The van der Waals surface area contributed by atoms with E-state index in [1.54, 1.807) is 0 Å². The zero-order valence-corrected chi connectivity index (χ0v) is 16.7. The first-order valence-electron chi connectivity index (χ1n) is 9.30. The minimum atomic E-state index is -3.36. The van der Waals surface area contributed by atoms with Gasteiger partial charge in [0.05, 0.1) is 0 Å². The molecule has 26 heavy (non-hydrogen) atoms. The van der Waals surface area contributed by atoms with E-state index in [4.69, 9.17) is 36.2 Å². The van der Waals surface area contributed by atoms with Crippen molar-refractivity contribution in [2.75, 3.05) is 91.6 Å². The van der Waals surface area contributed by atoms with Gasteiger partial charge in [0.2, 0.25) is 0 Å². The molecule has 5 aliphatic heterocycles. The van der Waals surface area contributed by atoms with E-state index in [1.807, 2.05) is 0 Å². The second-order valence-electron chi connectivity index (χ2n) is 7.11. The molecule has 5 rings (SSSR count). The van der Waals surface area contributed by atoms with Crippen LogP contribution in [0.4, 0.5) is 0 Å². The fraction of sp³-hybridized carbons (Fsp3) is 1.00. The molecule has 0 aromatic carbocycles. The van der Waals surface area contributed by atoms with Crippen molar-refractivity contribution in [3.05, 3.63) is 0 Å². The van der Waals surface area contributed by atoms with Gasteiger partial charge in [-0.2, -0.15) is 0 Å². The summed E-state index contributed by atoms with van der Waals surface area (Å²) in [5, 5.41) is 0. The number of hydrogen-bond donors (Lipinski definition) is 0. The Hall–Kier alpha value is 0.460. The zero-order valence-electron chi connectivity index (χ0n) is 15.0. The van der Waals surface area contributed by atoms with E-state index in [2.05, 4.69) is 9.80 Å². The monoisotopic (exact) mass is 414 g/mol. The van der Waals surface area contributed by atoms with Gasteiger partial charge in [0.15, 0.2) is 0 Å². The Balaban J connectivity index is 1.20. The molecule has 10 nitrogen and oxygen atoms in total. The van der Waals surface area contributed by atoms with Gasteiger partial charge in [-0.15, -0.1) is 0 Å². The standard InChI is InChI=1S/C14H28N2O8P2/c1-2-16(14-26(21-9-10-22-26)23-11-12-24-26)4-3-15(1)13-25(17-5-6-18-25)19-7-8-20-25/h1-14H2. The molecule has 0 aromatic heterocycles. The van der Waals surface area contributed by atoms with E-state index in [9.17, 15) is 0 Å². The van der Waals surface area contributed by atoms with E-state index in [1.165, 1.54) is 0 Å². The van der Waals surface area contributed by atoms with E-state index >= 15 is 0 Å². The molecule has 0 amide bonds. The summed E-state index contributed by atoms with van der Waals surface area (Å²) in [4.78, 5) is 4.62. The summed E-state index contributed by atoms with van der Waals surface area (Å²) in [6.07, 6.45) is 1.14. The van der Waals surface area contributed by atoms with Gasteiger partial charge < -0.3 is 0 Å². The van der Waals surface area contributed by atoms with Crippen molar-refractivity contribution in [1.29, 1.82) is 0 Å². The van der Waals surface area contributed by atoms with Crippen molar-refractivity contribution < 1.29 is 36.2 Å². The summed E-state index contributed by atoms with van der Waals surface area (Å²) in [6.45, 7) is 7.76. The summed E-state index contributed by atoms with van der Waals surface area (Å²) < 4.78 is 47.5. The maximum atomic E-state index is 5.94. The van der Waals surface area contributed by atoms with Gasteiger partial charge in [-0.25, -0.2) is 0 Å². The third-order valence-corrected chi connectivity index (χ3v) is 12.6. The average molecular weight is 414 g/mol. The molecule has 0 saturated carbocycles. The van der Waals surface area contributed by atoms with Crippen LogP contribution in [0, 0.1) is 0 Å². The summed E-state index contributed by atoms with van der Waals surface area (Å²) in [5.74, 6) is 0. The molecule has 0 unspecified atom stereocenters. The number of piperazine rings is 1. The fourth-order valence-electron chi connectivity index (χ4n) is 4.21. The van der Waals surface area contributed by atoms with Crippen LogP contribution in [0.25, 0.3) is 0 Å². The van der Waals surface area contributed by atoms with Gasteiger partial charge in [-0.1, -0.05) is 0 Å². The summed E-state index contributed by atoms with van der Waals surface area (Å²) >= 11 is 0. The van der Waals surface area contributed by atoms with E-state index in [-0.39, 0.29) is 0 Å². The molecule has 5 heterocycles. The average Bonchev–Trinajstić information content (AvgIpc) is 3.43. The Kier molecular flexibility index (Phi) is 4.61. The van der Waals surface area contributed by atoms with Crippen molar-refractivity contribution in [2.24, 2.45) is 0 Å². The molecule has 0 N–H and O–H groups in total. The maximum absolute atomic E-state index is 5.94. The summed E-state index contributed by atoms with van der Waals surface area (Å²) in [7, 11) is -6.72. The first kappa shape index (κ1) is 18.5. The molecule has 5 saturated heterocycles. The van der Waals surface area contributed by atoms with Crippen molar-refractivity contribution in [2.45, 2.75) is 0 Å². The molecule has 0 atom stereocenters. The predicted octanol–water partition coefficient (Wildman–Crippen LogP) is 1.13. The van der Waals surface area contributed by atoms with Crippen LogP contribution in [0.5, 0.6) is 0 Å². The third-order valence-electron chi connectivity index (χ3n) is 5.39. The van der Waals surface area contributed by atoms with Gasteiger partial charge in [-0.05, 0) is 0 Å². The van der Waals surface area contributed by atoms with Gasteiger partial charge in [0.25, 0.3) is 0 Å². The molecular formula is C14H28N2O8P2. The quantitative estimate of drug-likeness (QED) is 0.625. The van der Waals surface area contributed by atoms with Crippen LogP contribution in [0.3, 0.4) is 0 Å². The van der Waals surface area contributed by atoms with Crippen LogP contribution in [0.1, 0.15) is 0 Å². The Morgan fingerprint density at radius 1 is 0.423 bits per heavy atom. The van der Waals surface area contributed by atoms with E-state index in [0.29, 0.717) is 65.4 Å². The molecule has 0 bridgehead atoms. The van der Waals surface area contributed by atoms with Gasteiger partial charge in [0, 0.05) is 0 Å². The molecule has 152 valence electrons. The van der Waals surface area contributed by atoms with Crippen molar-refractivity contribution >= 4 is 15.0 Å². The van der Waals surface area contributed by atoms with Crippen LogP contribution in [0.15, 0.2) is 0 Å². The van der Waals surface area contributed by atoms with Crippen molar-refractivity contribution in [3.63, 3.8) is 0 Å². The van der Waals surface area contributed by atoms with Crippen molar-refractivity contribution in [1.82, 2.24) is 9.80 Å². The minimum absolute atomic E-state index is 0.537. The van der Waals surface area contributed by atoms with Crippen LogP contribution in [-0.2, 0) is 36.2 Å². The van der Waals surface area contributed by atoms with Crippen LogP contribution < -0.4 is 0 Å². The predicted molar refractivity (Wildman–Crippen MR) is 94.3 cm³/mol. The van der Waals surface area contributed by atoms with Gasteiger partial charge in [0.1, 0.15) is 0 Å². The van der Waals surface area contributed by atoms with Gasteiger partial charge in [-0.3, -0.25) is 0 Å². The van der Waals surface area contributed by atoms with Crippen LogP contribution in [-0.4, -0.2) is 101 Å². The molecule has 5 fully saturated rings. The number of nitrogens with zero attached hydrogens (tertiary/aromatic N) is 2. The Morgan fingerprint density at radius 3 is 0.885 bits per heavy atom. The van der Waals surface area contributed by atoms with Crippen LogP contribution in [0.2, 0.25) is 0 Å². The summed E-state index contributed by atoms with van der Waals surface area (Å²) in [6, 6.07) is 0. The van der Waals surface area contributed by atoms with E-state index in [0.717, 1.165) is 26.2 Å². The normalized spacial score (nSPS) is 38.9. The van der Waals surface area contributed by atoms with E-state index < -0.39 is 15.0 Å². The molecule has 0 aromatic rings. The molecule has 0 radical (unpaired) electrons. The topological polar surface area (TPSA) is 80.3 Å².